The van der Waals surface area contributed by atoms with Gasteiger partial charge in [-0.3, -0.25) is 9.78 Å². The lowest BCUT2D eigenvalue weighted by Crippen LogP contribution is -2.26. The molecular weight excluding hydrogens is 383 g/mol. The molecule has 0 saturated carbocycles. The Morgan fingerprint density at radius 2 is 1.89 bits per heavy atom. The lowest BCUT2D eigenvalue weighted by Gasteiger charge is -2.10. The maximum absolute atomic E-state index is 13.0. The second-order valence-electron chi connectivity index (χ2n) is 6.06. The highest BCUT2D eigenvalue weighted by molar-refractivity contribution is 6.32. The van der Waals surface area contributed by atoms with Crippen molar-refractivity contribution in [3.05, 3.63) is 65.6 Å². The predicted octanol–water partition coefficient (Wildman–Crippen LogP) is 4.38. The molecule has 0 spiro atoms. The van der Waals surface area contributed by atoms with Crippen LogP contribution in [0.25, 0.3) is 10.9 Å². The molecule has 0 bridgehead atoms. The number of rotatable bonds is 9. The van der Waals surface area contributed by atoms with E-state index >= 15 is 0 Å². The van der Waals surface area contributed by atoms with Crippen molar-refractivity contribution in [2.75, 3.05) is 19.8 Å². The van der Waals surface area contributed by atoms with E-state index in [-0.39, 0.29) is 24.0 Å². The van der Waals surface area contributed by atoms with E-state index in [2.05, 4.69) is 10.3 Å². The average molecular weight is 403 g/mol. The molecule has 7 heteroatoms. The number of halogens is 2. The first-order chi connectivity index (χ1) is 13.6. The van der Waals surface area contributed by atoms with Crippen LogP contribution in [0.1, 0.15) is 12.8 Å². The van der Waals surface area contributed by atoms with Crippen molar-refractivity contribution >= 4 is 28.4 Å². The van der Waals surface area contributed by atoms with Gasteiger partial charge in [-0.15, -0.1) is 0 Å². The number of aromatic nitrogens is 1. The van der Waals surface area contributed by atoms with E-state index in [4.69, 9.17) is 21.1 Å². The molecule has 1 aromatic heterocycles. The van der Waals surface area contributed by atoms with Crippen LogP contribution in [-0.4, -0.2) is 30.6 Å². The first-order valence-corrected chi connectivity index (χ1v) is 9.32. The zero-order chi connectivity index (χ0) is 19.8. The van der Waals surface area contributed by atoms with Crippen LogP contribution >= 0.6 is 11.6 Å². The van der Waals surface area contributed by atoms with Gasteiger partial charge in [-0.1, -0.05) is 29.8 Å². The second kappa shape index (κ2) is 9.90. The molecule has 1 heterocycles. The molecule has 0 aliphatic heterocycles. The van der Waals surface area contributed by atoms with E-state index in [1.807, 2.05) is 30.3 Å². The summed E-state index contributed by atoms with van der Waals surface area (Å²) in [6.45, 7) is 1.13. The summed E-state index contributed by atoms with van der Waals surface area (Å²) in [7, 11) is 0. The van der Waals surface area contributed by atoms with Crippen LogP contribution in [0.2, 0.25) is 5.02 Å². The van der Waals surface area contributed by atoms with Gasteiger partial charge in [-0.25, -0.2) is 4.39 Å². The van der Waals surface area contributed by atoms with E-state index in [0.29, 0.717) is 25.3 Å². The third-order valence-corrected chi connectivity index (χ3v) is 4.27. The van der Waals surface area contributed by atoms with Crippen LogP contribution in [0, 0.1) is 5.82 Å². The van der Waals surface area contributed by atoms with E-state index in [9.17, 15) is 9.18 Å². The molecule has 2 aromatic carbocycles. The molecule has 0 aliphatic carbocycles. The van der Waals surface area contributed by atoms with Crippen LogP contribution in [-0.2, 0) is 4.79 Å². The number of nitrogens with zero attached hydrogens (tertiary/aromatic N) is 1. The van der Waals surface area contributed by atoms with E-state index < -0.39 is 5.82 Å². The zero-order valence-electron chi connectivity index (χ0n) is 15.2. The number of amides is 1. The van der Waals surface area contributed by atoms with Crippen molar-refractivity contribution in [1.29, 1.82) is 0 Å². The molecule has 0 fully saturated rings. The fourth-order valence-electron chi connectivity index (χ4n) is 2.61. The summed E-state index contributed by atoms with van der Waals surface area (Å²) in [5.74, 6) is 0.517. The number of benzene rings is 2. The number of carbonyl (C=O) groups is 1. The minimum atomic E-state index is -0.434. The van der Waals surface area contributed by atoms with Crippen LogP contribution in [0.3, 0.4) is 0 Å². The molecule has 0 atom stereocenters. The Labute approximate surface area is 167 Å². The summed E-state index contributed by atoms with van der Waals surface area (Å²) < 4.78 is 24.1. The van der Waals surface area contributed by atoms with E-state index in [1.165, 1.54) is 18.2 Å². The van der Waals surface area contributed by atoms with Crippen LogP contribution < -0.4 is 14.8 Å². The Hall–Kier alpha value is -2.86. The third-order valence-electron chi connectivity index (χ3n) is 3.98. The molecule has 3 aromatic rings. The molecular formula is C21H20ClFN2O3. The SMILES string of the molecule is O=C(CCOc1ccc(F)cc1Cl)NCCCOc1cccc2cccnc12. The van der Waals surface area contributed by atoms with E-state index in [1.54, 1.807) is 6.20 Å². The van der Waals surface area contributed by atoms with Gasteiger partial charge in [0, 0.05) is 18.1 Å². The largest absolute Gasteiger partial charge is 0.491 e. The zero-order valence-corrected chi connectivity index (χ0v) is 15.9. The lowest BCUT2D eigenvalue weighted by molar-refractivity contribution is -0.121. The summed E-state index contributed by atoms with van der Waals surface area (Å²) in [5, 5.41) is 4.01. The van der Waals surface area contributed by atoms with Gasteiger partial charge < -0.3 is 14.8 Å². The maximum Gasteiger partial charge on any atom is 0.223 e. The topological polar surface area (TPSA) is 60.5 Å². The van der Waals surface area contributed by atoms with E-state index in [0.717, 1.165) is 16.7 Å². The van der Waals surface area contributed by atoms with Gasteiger partial charge in [0.05, 0.1) is 24.7 Å². The highest BCUT2D eigenvalue weighted by Gasteiger charge is 2.06. The van der Waals surface area contributed by atoms with Gasteiger partial charge in [-0.05, 0) is 36.8 Å². The number of pyridine rings is 1. The van der Waals surface area contributed by atoms with Gasteiger partial charge >= 0.3 is 0 Å². The van der Waals surface area contributed by atoms with Crippen molar-refractivity contribution in [2.24, 2.45) is 0 Å². The highest BCUT2D eigenvalue weighted by atomic mass is 35.5. The molecule has 0 aliphatic rings. The van der Waals surface area contributed by atoms with Gasteiger partial charge in [0.25, 0.3) is 0 Å². The van der Waals surface area contributed by atoms with Gasteiger partial charge in [-0.2, -0.15) is 0 Å². The minimum absolute atomic E-state index is 0.134. The summed E-state index contributed by atoms with van der Waals surface area (Å²) in [6.07, 6.45) is 2.58. The van der Waals surface area contributed by atoms with Crippen LogP contribution in [0.5, 0.6) is 11.5 Å². The first kappa shape index (κ1) is 19.9. The van der Waals surface area contributed by atoms with Crippen LogP contribution in [0.4, 0.5) is 4.39 Å². The third kappa shape index (κ3) is 5.57. The summed E-state index contributed by atoms with van der Waals surface area (Å²) >= 11 is 5.87. The van der Waals surface area contributed by atoms with Crippen molar-refractivity contribution < 1.29 is 18.7 Å². The number of hydrogen-bond acceptors (Lipinski definition) is 4. The Balaban J connectivity index is 1.33. The molecule has 1 amide bonds. The Bertz CT molecular complexity index is 947. The minimum Gasteiger partial charge on any atom is -0.491 e. The molecule has 3 rings (SSSR count). The Morgan fingerprint density at radius 1 is 1.07 bits per heavy atom. The standard InChI is InChI=1S/C21H20ClFN2O3/c22-17-14-16(23)7-8-18(17)28-13-9-20(26)24-11-3-12-27-19-6-1-4-15-5-2-10-25-21(15)19/h1-2,4-8,10,14H,3,9,11-13H2,(H,24,26). The van der Waals surface area contributed by atoms with Gasteiger partial charge in [0.15, 0.2) is 0 Å². The lowest BCUT2D eigenvalue weighted by atomic mass is 10.2. The molecule has 28 heavy (non-hydrogen) atoms. The monoisotopic (exact) mass is 402 g/mol. The summed E-state index contributed by atoms with van der Waals surface area (Å²) in [4.78, 5) is 16.2. The fourth-order valence-corrected chi connectivity index (χ4v) is 2.83. The first-order valence-electron chi connectivity index (χ1n) is 8.94. The molecule has 5 nitrogen and oxygen atoms in total. The molecule has 146 valence electrons. The van der Waals surface area contributed by atoms with Gasteiger partial charge in [0.1, 0.15) is 22.8 Å². The smallest absolute Gasteiger partial charge is 0.223 e. The van der Waals surface area contributed by atoms with Gasteiger partial charge in [0.2, 0.25) is 5.91 Å². The number of hydrogen-bond donors (Lipinski definition) is 1. The molecule has 0 radical (unpaired) electrons. The van der Waals surface area contributed by atoms with Crippen molar-refractivity contribution in [3.8, 4) is 11.5 Å². The summed E-state index contributed by atoms with van der Waals surface area (Å²) in [6, 6.07) is 13.5. The normalized spacial score (nSPS) is 10.6. The highest BCUT2D eigenvalue weighted by Crippen LogP contribution is 2.25. The van der Waals surface area contributed by atoms with Crippen LogP contribution in [0.15, 0.2) is 54.7 Å². The quantitative estimate of drug-likeness (QED) is 0.539. The number of ether oxygens (including phenoxy) is 2. The number of carbonyl (C=O) groups excluding carboxylic acids is 1. The second-order valence-corrected chi connectivity index (χ2v) is 6.46. The van der Waals surface area contributed by atoms with Crippen molar-refractivity contribution in [3.63, 3.8) is 0 Å². The Kier molecular flexibility index (Phi) is 7.03. The number of nitrogens with one attached hydrogen (secondary N) is 1. The summed E-state index contributed by atoms with van der Waals surface area (Å²) in [5.41, 5.74) is 0.825. The predicted molar refractivity (Wildman–Crippen MR) is 106 cm³/mol. The fraction of sp³-hybridized carbons (Fsp3) is 0.238. The Morgan fingerprint density at radius 3 is 2.75 bits per heavy atom. The molecule has 0 unspecified atom stereocenters. The number of fused-ring (bicyclic) bond motifs is 1. The maximum atomic E-state index is 13.0. The van der Waals surface area contributed by atoms with Crippen molar-refractivity contribution in [2.45, 2.75) is 12.8 Å². The molecule has 0 saturated heterocycles. The van der Waals surface area contributed by atoms with Crippen molar-refractivity contribution in [1.82, 2.24) is 10.3 Å². The average Bonchev–Trinajstić information content (AvgIpc) is 2.69. The number of para-hydroxylation sites is 1. The molecule has 1 N–H and O–H groups in total.